The summed E-state index contributed by atoms with van der Waals surface area (Å²) in [5, 5.41) is 3.79. The van der Waals surface area contributed by atoms with Crippen molar-refractivity contribution in [3.63, 3.8) is 0 Å². The molecule has 8 nitrogen and oxygen atoms in total. The second-order valence-electron chi connectivity index (χ2n) is 11.4. The van der Waals surface area contributed by atoms with Gasteiger partial charge in [-0.3, -0.25) is 14.4 Å². The molecule has 1 heterocycles. The Morgan fingerprint density at radius 1 is 0.851 bits per heavy atom. The van der Waals surface area contributed by atoms with E-state index >= 15 is 0 Å². The van der Waals surface area contributed by atoms with Gasteiger partial charge in [-0.05, 0) is 72.5 Å². The highest BCUT2D eigenvalue weighted by Gasteiger charge is 2.33. The number of carbonyl (C=O) groups is 3. The van der Waals surface area contributed by atoms with Crippen LogP contribution < -0.4 is 20.5 Å². The van der Waals surface area contributed by atoms with Crippen molar-refractivity contribution in [2.45, 2.75) is 44.6 Å². The molecule has 248 valence electrons. The number of ketones is 1. The lowest BCUT2D eigenvalue weighted by Crippen LogP contribution is -2.52. The Morgan fingerprint density at radius 2 is 1.40 bits per heavy atom. The summed E-state index contributed by atoms with van der Waals surface area (Å²) in [6.45, 7) is 0.743. The van der Waals surface area contributed by atoms with Gasteiger partial charge in [-0.25, -0.2) is 0 Å². The number of hydrogen-bond donors (Lipinski definition) is 2. The summed E-state index contributed by atoms with van der Waals surface area (Å²) >= 11 is 12.8. The van der Waals surface area contributed by atoms with Crippen LogP contribution in [-0.2, 0) is 20.8 Å². The molecule has 4 rings (SSSR count). The number of likely N-dealkylation sites (tertiary alicyclic amines) is 1. The van der Waals surface area contributed by atoms with Crippen LogP contribution in [0.25, 0.3) is 12.2 Å². The van der Waals surface area contributed by atoms with E-state index in [9.17, 15) is 14.4 Å². The van der Waals surface area contributed by atoms with E-state index in [1.54, 1.807) is 53.5 Å². The van der Waals surface area contributed by atoms with Gasteiger partial charge in [0.15, 0.2) is 5.78 Å². The SMILES string of the molecule is COc1ccc(C=C2CN(C(=O)C(Cc3ccccc3)NC(=O)CCCCCCN)CC(=Cc3ccc(OC)c(Cl)c3)C2=O)cc1Cl. The van der Waals surface area contributed by atoms with Crippen molar-refractivity contribution >= 4 is 53.0 Å². The van der Waals surface area contributed by atoms with Crippen LogP contribution in [0.2, 0.25) is 10.0 Å². The van der Waals surface area contributed by atoms with Gasteiger partial charge in [0, 0.05) is 37.1 Å². The Hall–Kier alpha value is -4.11. The molecule has 3 N–H and O–H groups in total. The quantitative estimate of drug-likeness (QED) is 0.148. The number of nitrogens with zero attached hydrogens (tertiary/aromatic N) is 1. The third-order valence-electron chi connectivity index (χ3n) is 7.92. The lowest BCUT2D eigenvalue weighted by molar-refractivity contribution is -0.136. The second kappa shape index (κ2) is 17.7. The maximum atomic E-state index is 14.3. The first-order valence-electron chi connectivity index (χ1n) is 15.7. The van der Waals surface area contributed by atoms with E-state index in [4.69, 9.17) is 38.4 Å². The van der Waals surface area contributed by atoms with Gasteiger partial charge in [-0.2, -0.15) is 0 Å². The molecule has 0 saturated carbocycles. The van der Waals surface area contributed by atoms with Crippen LogP contribution in [0.5, 0.6) is 11.5 Å². The minimum Gasteiger partial charge on any atom is -0.495 e. The highest BCUT2D eigenvalue weighted by Crippen LogP contribution is 2.30. The number of ether oxygens (including phenoxy) is 2. The third-order valence-corrected chi connectivity index (χ3v) is 8.52. The van der Waals surface area contributed by atoms with Crippen LogP contribution in [0.3, 0.4) is 0 Å². The first kappa shape index (κ1) is 35.7. The molecule has 0 aliphatic carbocycles. The van der Waals surface area contributed by atoms with Gasteiger partial charge < -0.3 is 25.4 Å². The number of Topliss-reactive ketones (excluding diaryl/α,β-unsaturated/α-hetero) is 1. The van der Waals surface area contributed by atoms with Crippen LogP contribution in [0.15, 0.2) is 77.9 Å². The van der Waals surface area contributed by atoms with Crippen LogP contribution >= 0.6 is 23.2 Å². The number of carbonyl (C=O) groups excluding carboxylic acids is 3. The summed E-state index contributed by atoms with van der Waals surface area (Å²) in [6, 6.07) is 19.2. The first-order chi connectivity index (χ1) is 22.7. The Kier molecular flexibility index (Phi) is 13.5. The standard InChI is InChI=1S/C37H41Cl2N3O5/c1-46-33-15-13-26(20-30(33)38)18-28-23-42(24-29(36(28)44)19-27-14-16-34(47-2)31(39)21-27)37(45)32(22-25-10-6-5-7-11-25)41-35(43)12-8-3-4-9-17-40/h5-7,10-11,13-16,18-21,32H,3-4,8-9,12,17,22-24,40H2,1-2H3,(H,41,43). The van der Waals surface area contributed by atoms with E-state index in [0.717, 1.165) is 24.8 Å². The van der Waals surface area contributed by atoms with Crippen molar-refractivity contribution in [1.82, 2.24) is 10.2 Å². The summed E-state index contributed by atoms with van der Waals surface area (Å²) in [5.41, 5.74) is 8.68. The third kappa shape index (κ3) is 10.2. The predicted molar refractivity (Wildman–Crippen MR) is 188 cm³/mol. The molecule has 47 heavy (non-hydrogen) atoms. The monoisotopic (exact) mass is 677 g/mol. The Balaban J connectivity index is 1.67. The molecule has 10 heteroatoms. The molecule has 1 aliphatic heterocycles. The number of methoxy groups -OCH3 is 2. The van der Waals surface area contributed by atoms with Crippen molar-refractivity contribution in [1.29, 1.82) is 0 Å². The maximum Gasteiger partial charge on any atom is 0.246 e. The first-order valence-corrected chi connectivity index (χ1v) is 16.4. The van der Waals surface area contributed by atoms with E-state index in [-0.39, 0.29) is 30.7 Å². The zero-order valence-electron chi connectivity index (χ0n) is 26.8. The van der Waals surface area contributed by atoms with Crippen molar-refractivity contribution in [3.05, 3.63) is 105 Å². The number of nitrogens with two attached hydrogens (primary N) is 1. The van der Waals surface area contributed by atoms with Gasteiger partial charge in [-0.15, -0.1) is 0 Å². The van der Waals surface area contributed by atoms with E-state index in [0.29, 0.717) is 69.6 Å². The lowest BCUT2D eigenvalue weighted by atomic mass is 9.93. The molecule has 3 aromatic carbocycles. The molecule has 2 amide bonds. The highest BCUT2D eigenvalue weighted by molar-refractivity contribution is 6.32. The Morgan fingerprint density at radius 3 is 1.91 bits per heavy atom. The topological polar surface area (TPSA) is 111 Å². The zero-order chi connectivity index (χ0) is 33.8. The predicted octanol–water partition coefficient (Wildman–Crippen LogP) is 6.53. The molecule has 0 aromatic heterocycles. The lowest BCUT2D eigenvalue weighted by Gasteiger charge is -2.33. The maximum absolute atomic E-state index is 14.3. The molecular weight excluding hydrogens is 637 g/mol. The number of unbranched alkanes of at least 4 members (excludes halogenated alkanes) is 3. The molecule has 0 bridgehead atoms. The minimum atomic E-state index is -0.824. The molecule has 1 unspecified atom stereocenters. The average Bonchev–Trinajstić information content (AvgIpc) is 3.06. The molecule has 1 fully saturated rings. The fraction of sp³-hybridized carbons (Fsp3) is 0.324. The fourth-order valence-electron chi connectivity index (χ4n) is 5.46. The highest BCUT2D eigenvalue weighted by atomic mass is 35.5. The van der Waals surface area contributed by atoms with Gasteiger partial charge in [0.1, 0.15) is 17.5 Å². The largest absolute Gasteiger partial charge is 0.495 e. The van der Waals surface area contributed by atoms with Gasteiger partial charge in [-0.1, -0.05) is 78.5 Å². The summed E-state index contributed by atoms with van der Waals surface area (Å²) in [4.78, 5) is 42.9. The molecule has 1 atom stereocenters. The number of amides is 2. The van der Waals surface area contributed by atoms with Gasteiger partial charge in [0.25, 0.3) is 0 Å². The number of nitrogens with one attached hydrogen (secondary N) is 1. The number of hydrogen-bond acceptors (Lipinski definition) is 6. The van der Waals surface area contributed by atoms with Crippen LogP contribution in [0.4, 0.5) is 0 Å². The van der Waals surface area contributed by atoms with Crippen molar-refractivity contribution in [3.8, 4) is 11.5 Å². The van der Waals surface area contributed by atoms with Crippen LogP contribution in [0.1, 0.15) is 48.8 Å². The zero-order valence-corrected chi connectivity index (χ0v) is 28.3. The van der Waals surface area contributed by atoms with E-state index in [1.807, 2.05) is 30.3 Å². The number of piperidine rings is 1. The number of benzene rings is 3. The van der Waals surface area contributed by atoms with E-state index in [2.05, 4.69) is 5.32 Å². The summed E-state index contributed by atoms with van der Waals surface area (Å²) in [7, 11) is 3.06. The van der Waals surface area contributed by atoms with Gasteiger partial charge in [0.2, 0.25) is 11.8 Å². The second-order valence-corrected chi connectivity index (χ2v) is 12.2. The Bertz CT molecular complexity index is 1550. The van der Waals surface area contributed by atoms with Crippen LogP contribution in [0, 0.1) is 0 Å². The van der Waals surface area contributed by atoms with Crippen molar-refractivity contribution in [2.75, 3.05) is 33.9 Å². The summed E-state index contributed by atoms with van der Waals surface area (Å²) in [5.74, 6) is 0.351. The van der Waals surface area contributed by atoms with Gasteiger partial charge in [0.05, 0.1) is 24.3 Å². The Labute approximate surface area is 286 Å². The van der Waals surface area contributed by atoms with Gasteiger partial charge >= 0.3 is 0 Å². The minimum absolute atomic E-state index is 0.0578. The van der Waals surface area contributed by atoms with Crippen molar-refractivity contribution < 1.29 is 23.9 Å². The molecule has 1 aliphatic rings. The van der Waals surface area contributed by atoms with E-state index < -0.39 is 6.04 Å². The summed E-state index contributed by atoms with van der Waals surface area (Å²) in [6.07, 6.45) is 7.57. The molecule has 0 spiro atoms. The van der Waals surface area contributed by atoms with Crippen molar-refractivity contribution in [2.24, 2.45) is 5.73 Å². The smallest absolute Gasteiger partial charge is 0.246 e. The molecule has 0 radical (unpaired) electrons. The summed E-state index contributed by atoms with van der Waals surface area (Å²) < 4.78 is 10.6. The number of rotatable bonds is 14. The fourth-order valence-corrected chi connectivity index (χ4v) is 5.99. The van der Waals surface area contributed by atoms with E-state index in [1.165, 1.54) is 14.2 Å². The average molecular weight is 679 g/mol. The van der Waals surface area contributed by atoms with Crippen LogP contribution in [-0.4, -0.2) is 62.4 Å². The number of halogens is 2. The normalized spacial score (nSPS) is 15.5. The molecular formula is C37H41Cl2N3O5. The molecule has 3 aromatic rings. The molecule has 1 saturated heterocycles.